The number of pyridine rings is 1. The van der Waals surface area contributed by atoms with Gasteiger partial charge >= 0.3 is 0 Å². The minimum absolute atomic E-state index is 0.830. The number of nitrogens with zero attached hydrogens (tertiary/aromatic N) is 2. The Morgan fingerprint density at radius 1 is 0.708 bits per heavy atom. The van der Waals surface area contributed by atoms with Gasteiger partial charge in [0.2, 0.25) is 0 Å². The van der Waals surface area contributed by atoms with Crippen LogP contribution >= 0.6 is 0 Å². The van der Waals surface area contributed by atoms with Gasteiger partial charge in [0.15, 0.2) is 0 Å². The van der Waals surface area contributed by atoms with Crippen molar-refractivity contribution in [3.05, 3.63) is 90.5 Å². The van der Waals surface area contributed by atoms with Crippen LogP contribution in [-0.2, 0) is 6.54 Å². The first-order valence-corrected chi connectivity index (χ1v) is 8.21. The highest BCUT2D eigenvalue weighted by Crippen LogP contribution is 2.30. The summed E-state index contributed by atoms with van der Waals surface area (Å²) in [4.78, 5) is 4.97. The molecule has 2 heterocycles. The summed E-state index contributed by atoms with van der Waals surface area (Å²) in [6, 6.07) is 29.7. The van der Waals surface area contributed by atoms with Crippen molar-refractivity contribution in [1.82, 2.24) is 9.55 Å². The fourth-order valence-corrected chi connectivity index (χ4v) is 3.49. The lowest BCUT2D eigenvalue weighted by Crippen LogP contribution is -2.00. The van der Waals surface area contributed by atoms with Crippen LogP contribution < -0.4 is 0 Å². The van der Waals surface area contributed by atoms with Crippen LogP contribution in [0.15, 0.2) is 84.9 Å². The molecule has 0 saturated heterocycles. The van der Waals surface area contributed by atoms with Crippen LogP contribution in [0.3, 0.4) is 0 Å². The molecule has 0 saturated carbocycles. The molecule has 5 rings (SSSR count). The van der Waals surface area contributed by atoms with E-state index in [9.17, 15) is 0 Å². The highest BCUT2D eigenvalue weighted by atomic mass is 15.0. The molecule has 24 heavy (non-hydrogen) atoms. The number of hydrogen-bond donors (Lipinski definition) is 0. The van der Waals surface area contributed by atoms with Crippen molar-refractivity contribution >= 4 is 32.8 Å². The van der Waals surface area contributed by atoms with Crippen molar-refractivity contribution in [2.45, 2.75) is 6.54 Å². The molecule has 2 aromatic heterocycles. The maximum Gasteiger partial charge on any atom is 0.142 e. The Balaban J connectivity index is 1.87. The Morgan fingerprint density at radius 3 is 2.38 bits per heavy atom. The van der Waals surface area contributed by atoms with E-state index in [-0.39, 0.29) is 0 Å². The fourth-order valence-electron chi connectivity index (χ4n) is 3.49. The lowest BCUT2D eigenvalue weighted by atomic mass is 10.1. The van der Waals surface area contributed by atoms with E-state index in [1.165, 1.54) is 27.2 Å². The van der Waals surface area contributed by atoms with Crippen LogP contribution in [-0.4, -0.2) is 9.55 Å². The predicted molar refractivity (Wildman–Crippen MR) is 100 cm³/mol. The minimum atomic E-state index is 0.830. The first kappa shape index (κ1) is 13.3. The molecule has 0 aliphatic carbocycles. The third-order valence-electron chi connectivity index (χ3n) is 4.63. The highest BCUT2D eigenvalue weighted by molar-refractivity contribution is 6.10. The van der Waals surface area contributed by atoms with Gasteiger partial charge in [0.05, 0.1) is 11.0 Å². The van der Waals surface area contributed by atoms with E-state index in [0.29, 0.717) is 0 Å². The molecule has 5 aromatic rings. The van der Waals surface area contributed by atoms with Gasteiger partial charge in [-0.1, -0.05) is 66.7 Å². The van der Waals surface area contributed by atoms with Crippen LogP contribution in [0.25, 0.3) is 32.8 Å². The first-order valence-electron chi connectivity index (χ1n) is 8.21. The zero-order valence-corrected chi connectivity index (χ0v) is 13.2. The monoisotopic (exact) mass is 308 g/mol. The van der Waals surface area contributed by atoms with Crippen molar-refractivity contribution in [3.8, 4) is 0 Å². The summed E-state index contributed by atoms with van der Waals surface area (Å²) in [6.45, 7) is 0.830. The van der Waals surface area contributed by atoms with Crippen molar-refractivity contribution in [2.75, 3.05) is 0 Å². The Kier molecular flexibility index (Phi) is 2.89. The third-order valence-corrected chi connectivity index (χ3v) is 4.63. The van der Waals surface area contributed by atoms with E-state index in [1.54, 1.807) is 0 Å². The summed E-state index contributed by atoms with van der Waals surface area (Å²) >= 11 is 0. The quantitative estimate of drug-likeness (QED) is 0.427. The molecule has 3 aromatic carbocycles. The normalized spacial score (nSPS) is 11.5. The molecule has 0 unspecified atom stereocenters. The van der Waals surface area contributed by atoms with Crippen LogP contribution in [0.2, 0.25) is 0 Å². The lowest BCUT2D eigenvalue weighted by molar-refractivity contribution is 0.858. The molecule has 0 N–H and O–H groups in total. The van der Waals surface area contributed by atoms with Crippen molar-refractivity contribution in [1.29, 1.82) is 0 Å². The van der Waals surface area contributed by atoms with Gasteiger partial charge in [-0.25, -0.2) is 4.98 Å². The molecule has 0 fully saturated rings. The Labute approximate surface area is 140 Å². The summed E-state index contributed by atoms with van der Waals surface area (Å²) in [5.74, 6) is 0. The molecule has 0 atom stereocenters. The molecular weight excluding hydrogens is 292 g/mol. The molecule has 0 radical (unpaired) electrons. The van der Waals surface area contributed by atoms with Crippen LogP contribution in [0.1, 0.15) is 5.56 Å². The smallest absolute Gasteiger partial charge is 0.142 e. The highest BCUT2D eigenvalue weighted by Gasteiger charge is 2.12. The van der Waals surface area contributed by atoms with Crippen molar-refractivity contribution in [3.63, 3.8) is 0 Å². The second-order valence-electron chi connectivity index (χ2n) is 6.14. The molecule has 0 aliphatic heterocycles. The van der Waals surface area contributed by atoms with E-state index < -0.39 is 0 Å². The average molecular weight is 308 g/mol. The SMILES string of the molecule is c1ccc(Cn2c3ccccc3c3cc4ccccc4nc32)cc1. The van der Waals surface area contributed by atoms with Crippen LogP contribution in [0, 0.1) is 0 Å². The van der Waals surface area contributed by atoms with Gasteiger partial charge in [-0.3, -0.25) is 0 Å². The molecule has 0 spiro atoms. The molecular formula is C22H16N2. The maximum absolute atomic E-state index is 4.97. The molecule has 114 valence electrons. The van der Waals surface area contributed by atoms with Crippen molar-refractivity contribution in [2.24, 2.45) is 0 Å². The molecule has 0 bridgehead atoms. The number of hydrogen-bond acceptors (Lipinski definition) is 1. The van der Waals surface area contributed by atoms with E-state index >= 15 is 0 Å². The van der Waals surface area contributed by atoms with Crippen LogP contribution in [0.4, 0.5) is 0 Å². The second kappa shape index (κ2) is 5.20. The maximum atomic E-state index is 4.97. The van der Waals surface area contributed by atoms with E-state index in [1.807, 2.05) is 6.07 Å². The third kappa shape index (κ3) is 2.00. The van der Waals surface area contributed by atoms with Gasteiger partial charge in [-0.2, -0.15) is 0 Å². The average Bonchev–Trinajstić information content (AvgIpc) is 2.94. The first-order chi connectivity index (χ1) is 11.9. The number of para-hydroxylation sites is 2. The van der Waals surface area contributed by atoms with Crippen molar-refractivity contribution < 1.29 is 0 Å². The second-order valence-corrected chi connectivity index (χ2v) is 6.14. The Hall–Kier alpha value is -3.13. The molecule has 2 heteroatoms. The standard InChI is InChI=1S/C22H16N2/c1-2-8-16(9-3-1)15-24-21-13-7-5-11-18(21)19-14-17-10-4-6-12-20(17)23-22(19)24/h1-14H,15H2. The van der Waals surface area contributed by atoms with Gasteiger partial charge in [-0.05, 0) is 23.8 Å². The number of benzene rings is 3. The van der Waals surface area contributed by atoms with Gasteiger partial charge in [0, 0.05) is 22.7 Å². The summed E-state index contributed by atoms with van der Waals surface area (Å²) in [5.41, 5.74) is 4.62. The van der Waals surface area contributed by atoms with E-state index in [0.717, 1.165) is 17.7 Å². The largest absolute Gasteiger partial charge is 0.321 e. The predicted octanol–water partition coefficient (Wildman–Crippen LogP) is 5.39. The topological polar surface area (TPSA) is 17.8 Å². The lowest BCUT2D eigenvalue weighted by Gasteiger charge is -2.07. The summed E-state index contributed by atoms with van der Waals surface area (Å²) in [6.07, 6.45) is 0. The molecule has 0 amide bonds. The number of fused-ring (bicyclic) bond motifs is 4. The Morgan fingerprint density at radius 2 is 1.46 bits per heavy atom. The fraction of sp³-hybridized carbons (Fsp3) is 0.0455. The zero-order valence-electron chi connectivity index (χ0n) is 13.2. The summed E-state index contributed by atoms with van der Waals surface area (Å²) in [7, 11) is 0. The van der Waals surface area contributed by atoms with Gasteiger partial charge in [0.1, 0.15) is 5.65 Å². The van der Waals surface area contributed by atoms with E-state index in [2.05, 4.69) is 83.4 Å². The zero-order chi connectivity index (χ0) is 15.9. The summed E-state index contributed by atoms with van der Waals surface area (Å²) in [5, 5.41) is 3.68. The minimum Gasteiger partial charge on any atom is -0.321 e. The number of rotatable bonds is 2. The van der Waals surface area contributed by atoms with Gasteiger partial charge in [-0.15, -0.1) is 0 Å². The number of aromatic nitrogens is 2. The van der Waals surface area contributed by atoms with Gasteiger partial charge in [0.25, 0.3) is 0 Å². The molecule has 2 nitrogen and oxygen atoms in total. The molecule has 0 aliphatic rings. The van der Waals surface area contributed by atoms with E-state index in [4.69, 9.17) is 4.98 Å². The Bertz CT molecular complexity index is 1170. The van der Waals surface area contributed by atoms with Crippen LogP contribution in [0.5, 0.6) is 0 Å². The summed E-state index contributed by atoms with van der Waals surface area (Å²) < 4.78 is 2.33. The van der Waals surface area contributed by atoms with Gasteiger partial charge < -0.3 is 4.57 Å².